The number of carbonyl (C=O) groups is 2. The molecular formula is C28H54N2O4. The number of nitrogens with two attached hydrogens (primary N) is 1. The molecule has 0 heterocycles. The van der Waals surface area contributed by atoms with Gasteiger partial charge in [0.1, 0.15) is 18.2 Å². The van der Waals surface area contributed by atoms with Gasteiger partial charge in [-0.05, 0) is 63.6 Å². The summed E-state index contributed by atoms with van der Waals surface area (Å²) in [6.07, 6.45) is 5.56. The van der Waals surface area contributed by atoms with Crippen molar-refractivity contribution in [2.24, 2.45) is 34.3 Å². The number of allylic oxidation sites excluding steroid dienone is 1. The van der Waals surface area contributed by atoms with Gasteiger partial charge in [0.15, 0.2) is 0 Å². The van der Waals surface area contributed by atoms with Gasteiger partial charge in [-0.15, -0.1) is 0 Å². The second kappa shape index (κ2) is 13.6. The molecule has 0 amide bonds. The van der Waals surface area contributed by atoms with Crippen LogP contribution in [0.2, 0.25) is 0 Å². The lowest BCUT2D eigenvalue weighted by molar-refractivity contribution is -0.174. The maximum Gasteiger partial charge on any atom is 0.326 e. The molecule has 0 saturated heterocycles. The van der Waals surface area contributed by atoms with Crippen LogP contribution >= 0.6 is 0 Å². The molecule has 0 saturated carbocycles. The van der Waals surface area contributed by atoms with Crippen LogP contribution in [0.3, 0.4) is 0 Å². The Hall–Kier alpha value is -1.40. The molecule has 0 fully saturated rings. The van der Waals surface area contributed by atoms with Gasteiger partial charge >= 0.3 is 11.9 Å². The Kier molecular flexibility index (Phi) is 13.1. The molecule has 0 spiro atoms. The number of hydrogen-bond acceptors (Lipinski definition) is 6. The first kappa shape index (κ1) is 32.6. The van der Waals surface area contributed by atoms with E-state index in [1.165, 1.54) is 0 Å². The van der Waals surface area contributed by atoms with Gasteiger partial charge in [-0.3, -0.25) is 9.59 Å². The number of ether oxygens (including phenoxy) is 2. The van der Waals surface area contributed by atoms with E-state index < -0.39 is 23.0 Å². The van der Waals surface area contributed by atoms with Gasteiger partial charge in [0.25, 0.3) is 0 Å². The third kappa shape index (κ3) is 10.5. The zero-order chi connectivity index (χ0) is 26.9. The minimum Gasteiger partial charge on any atom is -0.461 e. The SMILES string of the molecule is CC(C)CC(C)(C)/C=C\COC(=O)C(C)(N)C(C)(C)C(OC(=O)CCCN(C)C)C(C)C(C)C. The van der Waals surface area contributed by atoms with Crippen LogP contribution in [0.25, 0.3) is 0 Å². The van der Waals surface area contributed by atoms with Crippen molar-refractivity contribution in [3.8, 4) is 0 Å². The second-order valence-electron chi connectivity index (χ2n) is 12.4. The molecule has 0 rings (SSSR count). The Labute approximate surface area is 210 Å². The van der Waals surface area contributed by atoms with Crippen molar-refractivity contribution in [1.82, 2.24) is 4.90 Å². The van der Waals surface area contributed by atoms with Gasteiger partial charge in [0.2, 0.25) is 0 Å². The van der Waals surface area contributed by atoms with Crippen molar-refractivity contribution in [3.05, 3.63) is 12.2 Å². The molecule has 0 aliphatic rings. The van der Waals surface area contributed by atoms with Crippen LogP contribution in [0, 0.1) is 28.6 Å². The molecule has 0 aromatic rings. The predicted molar refractivity (Wildman–Crippen MR) is 141 cm³/mol. The lowest BCUT2D eigenvalue weighted by atomic mass is 9.65. The fourth-order valence-electron chi connectivity index (χ4n) is 4.32. The van der Waals surface area contributed by atoms with Gasteiger partial charge < -0.3 is 20.1 Å². The highest BCUT2D eigenvalue weighted by Crippen LogP contribution is 2.41. The molecule has 0 aromatic heterocycles. The third-order valence-corrected chi connectivity index (χ3v) is 7.06. The quantitative estimate of drug-likeness (QED) is 0.247. The Bertz CT molecular complexity index is 663. The first-order valence-electron chi connectivity index (χ1n) is 12.8. The molecular weight excluding hydrogens is 428 g/mol. The number of nitrogens with zero attached hydrogens (tertiary/aromatic N) is 1. The van der Waals surface area contributed by atoms with E-state index in [1.54, 1.807) is 6.92 Å². The molecule has 2 N–H and O–H groups in total. The van der Waals surface area contributed by atoms with Crippen LogP contribution in [-0.4, -0.2) is 55.7 Å². The van der Waals surface area contributed by atoms with Crippen molar-refractivity contribution >= 4 is 11.9 Å². The maximum absolute atomic E-state index is 13.1. The second-order valence-corrected chi connectivity index (χ2v) is 12.4. The molecule has 34 heavy (non-hydrogen) atoms. The zero-order valence-electron chi connectivity index (χ0n) is 24.2. The minimum atomic E-state index is -1.34. The summed E-state index contributed by atoms with van der Waals surface area (Å²) in [5, 5.41) is 0. The van der Waals surface area contributed by atoms with Gasteiger partial charge in [-0.1, -0.05) is 74.5 Å². The minimum absolute atomic E-state index is 0.0141. The number of carbonyl (C=O) groups excluding carboxylic acids is 2. The predicted octanol–water partition coefficient (Wildman–Crippen LogP) is 5.45. The molecule has 3 atom stereocenters. The first-order chi connectivity index (χ1) is 15.3. The highest BCUT2D eigenvalue weighted by Gasteiger charge is 2.53. The Balaban J connectivity index is 5.46. The summed E-state index contributed by atoms with van der Waals surface area (Å²) in [4.78, 5) is 27.8. The van der Waals surface area contributed by atoms with E-state index in [-0.39, 0.29) is 29.8 Å². The molecule has 6 nitrogen and oxygen atoms in total. The van der Waals surface area contributed by atoms with Crippen molar-refractivity contribution in [1.29, 1.82) is 0 Å². The lowest BCUT2D eigenvalue weighted by Gasteiger charge is -2.46. The van der Waals surface area contributed by atoms with E-state index >= 15 is 0 Å². The van der Waals surface area contributed by atoms with Gasteiger partial charge in [0.05, 0.1) is 0 Å². The summed E-state index contributed by atoms with van der Waals surface area (Å²) in [7, 11) is 3.95. The van der Waals surface area contributed by atoms with Crippen LogP contribution in [0.15, 0.2) is 12.2 Å². The van der Waals surface area contributed by atoms with E-state index in [9.17, 15) is 9.59 Å². The Morgan fingerprint density at radius 3 is 2.03 bits per heavy atom. The summed E-state index contributed by atoms with van der Waals surface area (Å²) in [5.41, 5.74) is 4.48. The Morgan fingerprint density at radius 1 is 1.00 bits per heavy atom. The standard InChI is InChI=1S/C28H54N2O4/c1-20(2)19-26(6,7)16-14-18-33-25(32)28(10,29)27(8,9)24(22(5)21(3)4)34-23(31)15-13-17-30(11)12/h14,16,20-22,24H,13,15,17-19,29H2,1-12H3/b16-14-. The maximum atomic E-state index is 13.1. The normalized spacial score (nSPS) is 16.7. The van der Waals surface area contributed by atoms with E-state index in [0.717, 1.165) is 19.4 Å². The molecule has 0 aliphatic heterocycles. The van der Waals surface area contributed by atoms with Gasteiger partial charge in [0, 0.05) is 11.8 Å². The number of hydrogen-bond donors (Lipinski definition) is 1. The monoisotopic (exact) mass is 482 g/mol. The molecule has 0 radical (unpaired) electrons. The molecule has 0 aliphatic carbocycles. The summed E-state index contributed by atoms with van der Waals surface area (Å²) in [6.45, 7) is 21.4. The van der Waals surface area contributed by atoms with Crippen molar-refractivity contribution in [2.45, 2.75) is 100 Å². The van der Waals surface area contributed by atoms with E-state index in [0.29, 0.717) is 12.3 Å². The van der Waals surface area contributed by atoms with Crippen molar-refractivity contribution in [2.75, 3.05) is 27.2 Å². The van der Waals surface area contributed by atoms with E-state index in [1.807, 2.05) is 45.8 Å². The Morgan fingerprint density at radius 2 is 1.56 bits per heavy atom. The summed E-state index contributed by atoms with van der Waals surface area (Å²) < 4.78 is 11.6. The summed E-state index contributed by atoms with van der Waals surface area (Å²) in [6, 6.07) is 0. The highest BCUT2D eigenvalue weighted by molar-refractivity contribution is 5.81. The molecule has 6 heteroatoms. The van der Waals surface area contributed by atoms with Crippen molar-refractivity contribution in [3.63, 3.8) is 0 Å². The lowest BCUT2D eigenvalue weighted by Crippen LogP contribution is -2.63. The van der Waals surface area contributed by atoms with Gasteiger partial charge in [-0.25, -0.2) is 0 Å². The third-order valence-electron chi connectivity index (χ3n) is 7.06. The number of rotatable bonds is 15. The molecule has 3 unspecified atom stereocenters. The van der Waals surface area contributed by atoms with E-state index in [2.05, 4.69) is 47.6 Å². The van der Waals surface area contributed by atoms with Gasteiger partial charge in [-0.2, -0.15) is 0 Å². The fraction of sp³-hybridized carbons (Fsp3) is 0.857. The largest absolute Gasteiger partial charge is 0.461 e. The van der Waals surface area contributed by atoms with Crippen LogP contribution in [0.1, 0.15) is 88.5 Å². The first-order valence-corrected chi connectivity index (χ1v) is 12.8. The molecule has 0 bridgehead atoms. The van der Waals surface area contributed by atoms with E-state index in [4.69, 9.17) is 15.2 Å². The highest BCUT2D eigenvalue weighted by atomic mass is 16.5. The van der Waals surface area contributed by atoms with Crippen molar-refractivity contribution < 1.29 is 19.1 Å². The van der Waals surface area contributed by atoms with Crippen LogP contribution in [-0.2, 0) is 19.1 Å². The van der Waals surface area contributed by atoms with Crippen LogP contribution in [0.5, 0.6) is 0 Å². The smallest absolute Gasteiger partial charge is 0.326 e. The van der Waals surface area contributed by atoms with Crippen LogP contribution in [0.4, 0.5) is 0 Å². The summed E-state index contributed by atoms with van der Waals surface area (Å²) >= 11 is 0. The molecule has 0 aromatic carbocycles. The fourth-order valence-corrected chi connectivity index (χ4v) is 4.32. The zero-order valence-corrected chi connectivity index (χ0v) is 24.2. The molecule has 200 valence electrons. The van der Waals surface area contributed by atoms with Crippen LogP contribution < -0.4 is 5.73 Å². The summed E-state index contributed by atoms with van der Waals surface area (Å²) in [5.74, 6) is 0.0955. The average molecular weight is 483 g/mol. The average Bonchev–Trinajstić information content (AvgIpc) is 2.66. The topological polar surface area (TPSA) is 81.9 Å². The number of esters is 2.